The fourth-order valence-electron chi connectivity index (χ4n) is 2.68. The molecule has 112 valence electrons. The molecule has 1 aromatic carbocycles. The zero-order chi connectivity index (χ0) is 14.8. The summed E-state index contributed by atoms with van der Waals surface area (Å²) in [6.07, 6.45) is 0.0171. The number of rotatable bonds is 4. The number of nitrogens with zero attached hydrogens (tertiary/aromatic N) is 1. The first kappa shape index (κ1) is 15.5. The minimum atomic E-state index is -0.327. The summed E-state index contributed by atoms with van der Waals surface area (Å²) < 4.78 is 24.5. The summed E-state index contributed by atoms with van der Waals surface area (Å²) in [7, 11) is 1.47. The minimum absolute atomic E-state index is 0.0171. The van der Waals surface area contributed by atoms with Gasteiger partial charge in [-0.2, -0.15) is 0 Å². The van der Waals surface area contributed by atoms with Crippen molar-refractivity contribution in [2.45, 2.75) is 32.1 Å². The van der Waals surface area contributed by atoms with Gasteiger partial charge >= 0.3 is 0 Å². The lowest BCUT2D eigenvalue weighted by molar-refractivity contribution is -0.129. The number of hydrogen-bond donors (Lipinski definition) is 0. The van der Waals surface area contributed by atoms with Crippen LogP contribution in [-0.2, 0) is 11.3 Å². The van der Waals surface area contributed by atoms with Crippen LogP contribution in [-0.4, -0.2) is 42.7 Å². The van der Waals surface area contributed by atoms with Gasteiger partial charge in [-0.1, -0.05) is 6.07 Å². The largest absolute Gasteiger partial charge is 0.494 e. The van der Waals surface area contributed by atoms with E-state index in [0.29, 0.717) is 12.4 Å². The molecule has 2 rings (SSSR count). The van der Waals surface area contributed by atoms with Gasteiger partial charge in [0.2, 0.25) is 0 Å². The molecule has 5 heteroatoms. The highest BCUT2D eigenvalue weighted by Gasteiger charge is 2.32. The monoisotopic (exact) mass is 301 g/mol. The Hall–Kier alpha value is -0.840. The van der Waals surface area contributed by atoms with Gasteiger partial charge in [-0.3, -0.25) is 4.90 Å². The molecule has 1 aromatic rings. The summed E-state index contributed by atoms with van der Waals surface area (Å²) in [6.45, 7) is 6.34. The molecule has 0 spiro atoms. The van der Waals surface area contributed by atoms with Crippen LogP contribution in [0.25, 0.3) is 0 Å². The Morgan fingerprint density at radius 3 is 2.85 bits per heavy atom. The van der Waals surface area contributed by atoms with E-state index < -0.39 is 0 Å². The van der Waals surface area contributed by atoms with Crippen molar-refractivity contribution in [3.8, 4) is 5.75 Å². The Labute approximate surface area is 124 Å². The van der Waals surface area contributed by atoms with Crippen molar-refractivity contribution in [3.05, 3.63) is 29.6 Å². The lowest BCUT2D eigenvalue weighted by atomic mass is 10.0. The number of alkyl halides is 1. The van der Waals surface area contributed by atoms with Crippen molar-refractivity contribution in [2.24, 2.45) is 0 Å². The van der Waals surface area contributed by atoms with Crippen molar-refractivity contribution in [1.29, 1.82) is 0 Å². The van der Waals surface area contributed by atoms with E-state index in [1.54, 1.807) is 6.07 Å². The molecule has 0 N–H and O–H groups in total. The Morgan fingerprint density at radius 2 is 2.25 bits per heavy atom. The second-order valence-electron chi connectivity index (χ2n) is 5.79. The van der Waals surface area contributed by atoms with Crippen LogP contribution in [0.3, 0.4) is 0 Å². The Balaban J connectivity index is 2.07. The molecule has 3 nitrogen and oxygen atoms in total. The van der Waals surface area contributed by atoms with Crippen LogP contribution < -0.4 is 4.74 Å². The summed E-state index contributed by atoms with van der Waals surface area (Å²) in [6, 6.07) is 5.08. The number of hydrogen-bond acceptors (Lipinski definition) is 3. The molecular weight excluding hydrogens is 281 g/mol. The van der Waals surface area contributed by atoms with Crippen LogP contribution in [0.2, 0.25) is 0 Å². The van der Waals surface area contributed by atoms with E-state index in [1.165, 1.54) is 13.2 Å². The smallest absolute Gasteiger partial charge is 0.165 e. The third-order valence-corrected chi connectivity index (χ3v) is 3.69. The third kappa shape index (κ3) is 3.84. The van der Waals surface area contributed by atoms with Gasteiger partial charge in [0.05, 0.1) is 18.8 Å². The normalized spacial score (nSPS) is 22.8. The van der Waals surface area contributed by atoms with Gasteiger partial charge in [-0.15, -0.1) is 11.6 Å². The molecule has 1 aliphatic rings. The molecule has 1 aliphatic heterocycles. The van der Waals surface area contributed by atoms with Gasteiger partial charge in [0.1, 0.15) is 0 Å². The zero-order valence-electron chi connectivity index (χ0n) is 12.2. The molecule has 1 atom stereocenters. The summed E-state index contributed by atoms with van der Waals surface area (Å²) in [5.74, 6) is 0.415. The van der Waals surface area contributed by atoms with Crippen LogP contribution in [0.4, 0.5) is 4.39 Å². The first-order valence-electron chi connectivity index (χ1n) is 6.72. The summed E-state index contributed by atoms with van der Waals surface area (Å²) >= 11 is 5.91. The maximum Gasteiger partial charge on any atom is 0.165 e. The highest BCUT2D eigenvalue weighted by Crippen LogP contribution is 2.24. The number of morpholine rings is 1. The van der Waals surface area contributed by atoms with E-state index in [1.807, 2.05) is 19.9 Å². The van der Waals surface area contributed by atoms with Crippen molar-refractivity contribution >= 4 is 11.6 Å². The first-order chi connectivity index (χ1) is 9.43. The van der Waals surface area contributed by atoms with Gasteiger partial charge in [0.15, 0.2) is 11.6 Å². The number of benzene rings is 1. The molecule has 0 radical (unpaired) electrons. The lowest BCUT2D eigenvalue weighted by Gasteiger charge is -2.42. The van der Waals surface area contributed by atoms with Gasteiger partial charge in [-0.05, 0) is 31.5 Å². The van der Waals surface area contributed by atoms with E-state index in [9.17, 15) is 4.39 Å². The second-order valence-corrected chi connectivity index (χ2v) is 6.10. The summed E-state index contributed by atoms with van der Waals surface area (Å²) in [4.78, 5) is 2.25. The van der Waals surface area contributed by atoms with E-state index in [4.69, 9.17) is 21.1 Å². The average molecular weight is 302 g/mol. The lowest BCUT2D eigenvalue weighted by Crippen LogP contribution is -2.52. The molecule has 0 bridgehead atoms. The molecule has 1 fully saturated rings. The molecule has 0 aliphatic carbocycles. The predicted molar refractivity (Wildman–Crippen MR) is 77.9 cm³/mol. The van der Waals surface area contributed by atoms with Crippen LogP contribution in [0.15, 0.2) is 18.2 Å². The topological polar surface area (TPSA) is 21.7 Å². The maximum absolute atomic E-state index is 13.7. The number of halogens is 2. The highest BCUT2D eigenvalue weighted by atomic mass is 35.5. The predicted octanol–water partition coefficient (Wildman–Crippen LogP) is 3.05. The van der Waals surface area contributed by atoms with Gasteiger partial charge in [-0.25, -0.2) is 4.39 Å². The average Bonchev–Trinajstić information content (AvgIpc) is 2.37. The molecule has 0 saturated carbocycles. The van der Waals surface area contributed by atoms with Crippen LogP contribution in [0.1, 0.15) is 19.4 Å². The fourth-order valence-corrected chi connectivity index (χ4v) is 2.84. The van der Waals surface area contributed by atoms with Crippen molar-refractivity contribution in [3.63, 3.8) is 0 Å². The number of methoxy groups -OCH3 is 1. The van der Waals surface area contributed by atoms with Crippen LogP contribution in [0, 0.1) is 5.82 Å². The zero-order valence-corrected chi connectivity index (χ0v) is 12.9. The molecule has 1 unspecified atom stereocenters. The van der Waals surface area contributed by atoms with E-state index in [2.05, 4.69) is 4.90 Å². The molecule has 0 amide bonds. The van der Waals surface area contributed by atoms with Gasteiger partial charge in [0, 0.05) is 25.5 Å². The van der Waals surface area contributed by atoms with Gasteiger partial charge in [0.25, 0.3) is 0 Å². The van der Waals surface area contributed by atoms with Crippen LogP contribution in [0.5, 0.6) is 5.75 Å². The Bertz CT molecular complexity index is 467. The van der Waals surface area contributed by atoms with Gasteiger partial charge < -0.3 is 9.47 Å². The molecular formula is C15H21ClFNO2. The fraction of sp³-hybridized carbons (Fsp3) is 0.600. The van der Waals surface area contributed by atoms with Crippen molar-refractivity contribution < 1.29 is 13.9 Å². The Morgan fingerprint density at radius 1 is 1.50 bits per heavy atom. The van der Waals surface area contributed by atoms with E-state index in [0.717, 1.165) is 18.7 Å². The van der Waals surface area contributed by atoms with E-state index >= 15 is 0 Å². The highest BCUT2D eigenvalue weighted by molar-refractivity contribution is 6.18. The van der Waals surface area contributed by atoms with E-state index in [-0.39, 0.29) is 23.3 Å². The SMILES string of the molecule is COc1ccc(CN2CC(CCl)OC(C)(C)C2)cc1F. The molecule has 20 heavy (non-hydrogen) atoms. The quantitative estimate of drug-likeness (QED) is 0.798. The Kier molecular flexibility index (Phi) is 4.89. The van der Waals surface area contributed by atoms with Crippen molar-refractivity contribution in [2.75, 3.05) is 26.1 Å². The standard InChI is InChI=1S/C15H21ClFNO2/c1-15(2)10-18(9-12(7-16)20-15)8-11-4-5-14(19-3)13(17)6-11/h4-6,12H,7-10H2,1-3H3. The van der Waals surface area contributed by atoms with Crippen LogP contribution >= 0.6 is 11.6 Å². The number of ether oxygens (including phenoxy) is 2. The second kappa shape index (κ2) is 6.29. The molecule has 1 heterocycles. The third-order valence-electron chi connectivity index (χ3n) is 3.35. The minimum Gasteiger partial charge on any atom is -0.494 e. The molecule has 1 saturated heterocycles. The summed E-state index contributed by atoms with van der Waals surface area (Å²) in [5, 5.41) is 0. The summed E-state index contributed by atoms with van der Waals surface area (Å²) in [5.41, 5.74) is 0.692. The van der Waals surface area contributed by atoms with Crippen molar-refractivity contribution in [1.82, 2.24) is 4.90 Å². The maximum atomic E-state index is 13.7. The molecule has 0 aromatic heterocycles. The first-order valence-corrected chi connectivity index (χ1v) is 7.25.